The van der Waals surface area contributed by atoms with Gasteiger partial charge in [-0.25, -0.2) is 0 Å². The summed E-state index contributed by atoms with van der Waals surface area (Å²) < 4.78 is 0. The van der Waals surface area contributed by atoms with E-state index in [0.717, 1.165) is 18.5 Å². The molecule has 0 aromatic heterocycles. The fourth-order valence-corrected chi connectivity index (χ4v) is 3.62. The Hall–Kier alpha value is -2.41. The fourth-order valence-electron chi connectivity index (χ4n) is 3.62. The molecule has 1 aromatic rings. The van der Waals surface area contributed by atoms with Crippen LogP contribution in [0.3, 0.4) is 0 Å². The average molecular weight is 344 g/mol. The van der Waals surface area contributed by atoms with Gasteiger partial charge >= 0.3 is 0 Å². The van der Waals surface area contributed by atoms with Gasteiger partial charge in [0.1, 0.15) is 6.04 Å². The molecule has 1 fully saturated rings. The van der Waals surface area contributed by atoms with Crippen molar-refractivity contribution < 1.29 is 14.4 Å². The van der Waals surface area contributed by atoms with Crippen LogP contribution in [-0.2, 0) is 20.8 Å². The lowest BCUT2D eigenvalue weighted by Gasteiger charge is -2.40. The zero-order chi connectivity index (χ0) is 18.0. The minimum atomic E-state index is -0.623. The summed E-state index contributed by atoms with van der Waals surface area (Å²) in [5.74, 6) is -0.616. The van der Waals surface area contributed by atoms with Gasteiger partial charge in [0.2, 0.25) is 17.7 Å². The lowest BCUT2D eigenvalue weighted by atomic mass is 10.0. The van der Waals surface area contributed by atoms with Crippen LogP contribution in [0, 0.1) is 0 Å². The number of nitrogens with two attached hydrogens (primary N) is 1. The smallest absolute Gasteiger partial charge is 0.241 e. The van der Waals surface area contributed by atoms with Crippen molar-refractivity contribution in [3.8, 4) is 0 Å². The van der Waals surface area contributed by atoms with E-state index >= 15 is 0 Å². The first-order valence-corrected chi connectivity index (χ1v) is 8.64. The quantitative estimate of drug-likeness (QED) is 0.835. The Morgan fingerprint density at radius 3 is 2.64 bits per heavy atom. The van der Waals surface area contributed by atoms with Crippen molar-refractivity contribution in [3.63, 3.8) is 0 Å². The van der Waals surface area contributed by atoms with Gasteiger partial charge in [-0.15, -0.1) is 0 Å². The maximum Gasteiger partial charge on any atom is 0.241 e. The molecule has 7 nitrogen and oxygen atoms in total. The summed E-state index contributed by atoms with van der Waals surface area (Å²) in [6.07, 6.45) is 1.90. The Bertz CT molecular complexity index is 691. The first-order valence-electron chi connectivity index (χ1n) is 8.64. The summed E-state index contributed by atoms with van der Waals surface area (Å²) in [7, 11) is 0. The highest BCUT2D eigenvalue weighted by atomic mass is 16.2. The van der Waals surface area contributed by atoms with Gasteiger partial charge in [-0.2, -0.15) is 0 Å². The summed E-state index contributed by atoms with van der Waals surface area (Å²) in [5.41, 5.74) is 7.64. The summed E-state index contributed by atoms with van der Waals surface area (Å²) in [4.78, 5) is 41.4. The average Bonchev–Trinajstić information content (AvgIpc) is 2.61. The molecule has 2 N–H and O–H groups in total. The predicted octanol–water partition coefficient (Wildman–Crippen LogP) is -0.0162. The van der Waals surface area contributed by atoms with Crippen LogP contribution in [0.5, 0.6) is 0 Å². The lowest BCUT2D eigenvalue weighted by molar-refractivity contribution is -0.136. The zero-order valence-electron chi connectivity index (χ0n) is 14.5. The van der Waals surface area contributed by atoms with Crippen LogP contribution in [0.4, 0.5) is 5.69 Å². The van der Waals surface area contributed by atoms with Crippen LogP contribution in [0.25, 0.3) is 0 Å². The highest BCUT2D eigenvalue weighted by Gasteiger charge is 2.34. The van der Waals surface area contributed by atoms with Crippen LogP contribution in [-0.4, -0.2) is 66.3 Å². The number of carbonyl (C=O) groups excluding carboxylic acids is 3. The Morgan fingerprint density at radius 2 is 1.92 bits per heavy atom. The van der Waals surface area contributed by atoms with Crippen LogP contribution < -0.4 is 10.6 Å². The third-order valence-electron chi connectivity index (χ3n) is 5.01. The van der Waals surface area contributed by atoms with E-state index in [1.807, 2.05) is 24.3 Å². The van der Waals surface area contributed by atoms with Gasteiger partial charge in [-0.05, 0) is 24.5 Å². The van der Waals surface area contributed by atoms with Gasteiger partial charge in [0.05, 0.1) is 6.54 Å². The molecule has 3 amide bonds. The summed E-state index contributed by atoms with van der Waals surface area (Å²) >= 11 is 0. The molecule has 1 aromatic carbocycles. The minimum Gasteiger partial charge on any atom is -0.368 e. The Balaban J connectivity index is 1.72. The molecule has 0 spiro atoms. The molecule has 2 aliphatic rings. The highest BCUT2D eigenvalue weighted by Crippen LogP contribution is 2.27. The molecule has 1 atom stereocenters. The van der Waals surface area contributed by atoms with Gasteiger partial charge in [0.15, 0.2) is 0 Å². The van der Waals surface area contributed by atoms with Crippen molar-refractivity contribution >= 4 is 23.4 Å². The second kappa shape index (κ2) is 7.23. The molecule has 2 aliphatic heterocycles. The van der Waals surface area contributed by atoms with E-state index in [1.54, 1.807) is 14.7 Å². The van der Waals surface area contributed by atoms with Crippen molar-refractivity contribution in [3.05, 3.63) is 29.8 Å². The maximum absolute atomic E-state index is 12.9. The maximum atomic E-state index is 12.9. The monoisotopic (exact) mass is 344 g/mol. The number of nitrogens with zero attached hydrogens (tertiary/aromatic N) is 3. The SMILES string of the molecule is CC(=O)N1CCN(CC(=O)N2CCCc3ccccc32)C(C(N)=O)C1. The molecular formula is C18H24N4O3. The molecule has 0 aliphatic carbocycles. The Morgan fingerprint density at radius 1 is 1.16 bits per heavy atom. The second-order valence-corrected chi connectivity index (χ2v) is 6.63. The molecule has 1 saturated heterocycles. The molecule has 1 unspecified atom stereocenters. The van der Waals surface area contributed by atoms with E-state index in [9.17, 15) is 14.4 Å². The number of hydrogen-bond donors (Lipinski definition) is 1. The standard InChI is InChI=1S/C18H24N4O3/c1-13(23)20-9-10-21(16(11-20)18(19)25)12-17(24)22-8-4-6-14-5-2-3-7-15(14)22/h2-3,5,7,16H,4,6,8-12H2,1H3,(H2,19,25). The topological polar surface area (TPSA) is 87.0 Å². The highest BCUT2D eigenvalue weighted by molar-refractivity contribution is 5.96. The third kappa shape index (κ3) is 3.66. The number of carbonyl (C=O) groups is 3. The number of rotatable bonds is 3. The predicted molar refractivity (Wildman–Crippen MR) is 93.9 cm³/mol. The van der Waals surface area contributed by atoms with Crippen LogP contribution >= 0.6 is 0 Å². The number of aryl methyl sites for hydroxylation is 1. The first kappa shape index (κ1) is 17.4. The number of fused-ring (bicyclic) bond motifs is 1. The van der Waals surface area contributed by atoms with Gasteiger partial charge in [0.25, 0.3) is 0 Å². The van der Waals surface area contributed by atoms with Crippen LogP contribution in [0.1, 0.15) is 18.9 Å². The molecule has 2 heterocycles. The zero-order valence-corrected chi connectivity index (χ0v) is 14.5. The van der Waals surface area contributed by atoms with Crippen molar-refractivity contribution in [1.29, 1.82) is 0 Å². The second-order valence-electron chi connectivity index (χ2n) is 6.63. The fraction of sp³-hybridized carbons (Fsp3) is 0.500. The Labute approximate surface area is 147 Å². The number of benzene rings is 1. The minimum absolute atomic E-state index is 0.0327. The normalized spacial score (nSPS) is 20.9. The molecule has 0 saturated carbocycles. The first-order chi connectivity index (χ1) is 12.0. The lowest BCUT2D eigenvalue weighted by Crippen LogP contribution is -2.61. The number of piperazine rings is 1. The summed E-state index contributed by atoms with van der Waals surface area (Å²) in [6.45, 7) is 3.51. The van der Waals surface area contributed by atoms with Crippen LogP contribution in [0.2, 0.25) is 0 Å². The molecule has 0 radical (unpaired) electrons. The molecular weight excluding hydrogens is 320 g/mol. The molecule has 134 valence electrons. The van der Waals surface area contributed by atoms with Gasteiger partial charge in [-0.1, -0.05) is 18.2 Å². The van der Waals surface area contributed by atoms with Crippen molar-refractivity contribution in [1.82, 2.24) is 9.80 Å². The van der Waals surface area contributed by atoms with Crippen molar-refractivity contribution in [2.45, 2.75) is 25.8 Å². The molecule has 3 rings (SSSR count). The van der Waals surface area contributed by atoms with E-state index in [1.165, 1.54) is 12.5 Å². The van der Waals surface area contributed by atoms with Gasteiger partial charge in [0, 0.05) is 38.8 Å². The van der Waals surface area contributed by atoms with Crippen molar-refractivity contribution in [2.75, 3.05) is 37.6 Å². The third-order valence-corrected chi connectivity index (χ3v) is 5.01. The van der Waals surface area contributed by atoms with Crippen molar-refractivity contribution in [2.24, 2.45) is 5.73 Å². The number of anilines is 1. The van der Waals surface area contributed by atoms with E-state index in [4.69, 9.17) is 5.73 Å². The van der Waals surface area contributed by atoms with Gasteiger partial charge in [-0.3, -0.25) is 19.3 Å². The van der Waals surface area contributed by atoms with E-state index in [2.05, 4.69) is 0 Å². The number of para-hydroxylation sites is 1. The largest absolute Gasteiger partial charge is 0.368 e. The Kier molecular flexibility index (Phi) is 5.03. The number of primary amides is 1. The van der Waals surface area contributed by atoms with Gasteiger partial charge < -0.3 is 15.5 Å². The van der Waals surface area contributed by atoms with E-state index in [-0.39, 0.29) is 24.9 Å². The molecule has 0 bridgehead atoms. The van der Waals surface area contributed by atoms with E-state index < -0.39 is 11.9 Å². The summed E-state index contributed by atoms with van der Waals surface area (Å²) in [6, 6.07) is 7.30. The molecule has 25 heavy (non-hydrogen) atoms. The summed E-state index contributed by atoms with van der Waals surface area (Å²) in [5, 5.41) is 0. The van der Waals surface area contributed by atoms with Crippen LogP contribution in [0.15, 0.2) is 24.3 Å². The molecule has 7 heteroatoms. The number of hydrogen-bond acceptors (Lipinski definition) is 4. The van der Waals surface area contributed by atoms with E-state index in [0.29, 0.717) is 19.6 Å². The number of amides is 3.